The summed E-state index contributed by atoms with van der Waals surface area (Å²) in [4.78, 5) is 23.7. The van der Waals surface area contributed by atoms with E-state index in [-0.39, 0.29) is 30.5 Å². The fourth-order valence-electron chi connectivity index (χ4n) is 2.24. The molecular formula is C20H22FNO4. The van der Waals surface area contributed by atoms with Crippen molar-refractivity contribution in [1.82, 2.24) is 5.32 Å². The SMILES string of the molecule is CC(C)OC(=O)c1ccc(OCC(=O)NC(C)c2ccc(F)cc2)cc1. The molecule has 0 radical (unpaired) electrons. The summed E-state index contributed by atoms with van der Waals surface area (Å²) in [5, 5.41) is 2.78. The van der Waals surface area contributed by atoms with E-state index in [1.165, 1.54) is 12.1 Å². The van der Waals surface area contributed by atoms with Crippen LogP contribution in [-0.2, 0) is 9.53 Å². The second-order valence-corrected chi connectivity index (χ2v) is 6.11. The fraction of sp³-hybridized carbons (Fsp3) is 0.300. The summed E-state index contributed by atoms with van der Waals surface area (Å²) in [6, 6.07) is 12.0. The molecule has 6 heteroatoms. The summed E-state index contributed by atoms with van der Waals surface area (Å²) in [6.45, 7) is 5.20. The van der Waals surface area contributed by atoms with Crippen molar-refractivity contribution in [2.24, 2.45) is 0 Å². The second-order valence-electron chi connectivity index (χ2n) is 6.11. The first kappa shape index (κ1) is 19.4. The van der Waals surface area contributed by atoms with Crippen LogP contribution >= 0.6 is 0 Å². The molecular weight excluding hydrogens is 337 g/mol. The predicted octanol–water partition coefficient (Wildman–Crippen LogP) is 3.65. The van der Waals surface area contributed by atoms with Crippen molar-refractivity contribution in [1.29, 1.82) is 0 Å². The highest BCUT2D eigenvalue weighted by Crippen LogP contribution is 2.15. The number of benzene rings is 2. The minimum atomic E-state index is -0.405. The van der Waals surface area contributed by atoms with Crippen LogP contribution in [-0.4, -0.2) is 24.6 Å². The van der Waals surface area contributed by atoms with Gasteiger partial charge in [-0.15, -0.1) is 0 Å². The Morgan fingerprint density at radius 2 is 1.62 bits per heavy atom. The van der Waals surface area contributed by atoms with E-state index < -0.39 is 5.97 Å². The van der Waals surface area contributed by atoms with Gasteiger partial charge in [-0.1, -0.05) is 12.1 Å². The van der Waals surface area contributed by atoms with Crippen LogP contribution in [0.25, 0.3) is 0 Å². The smallest absolute Gasteiger partial charge is 0.338 e. The highest BCUT2D eigenvalue weighted by atomic mass is 19.1. The molecule has 5 nitrogen and oxygen atoms in total. The number of carbonyl (C=O) groups excluding carboxylic acids is 2. The molecule has 1 amide bonds. The van der Waals surface area contributed by atoms with E-state index in [4.69, 9.17) is 9.47 Å². The van der Waals surface area contributed by atoms with E-state index in [1.54, 1.807) is 57.2 Å². The third kappa shape index (κ3) is 5.88. The monoisotopic (exact) mass is 359 g/mol. The summed E-state index contributed by atoms with van der Waals surface area (Å²) in [5.41, 5.74) is 1.22. The largest absolute Gasteiger partial charge is 0.484 e. The maximum absolute atomic E-state index is 12.9. The molecule has 0 saturated carbocycles. The Morgan fingerprint density at radius 1 is 1.00 bits per heavy atom. The Kier molecular flexibility index (Phi) is 6.72. The first-order valence-corrected chi connectivity index (χ1v) is 8.34. The molecule has 26 heavy (non-hydrogen) atoms. The van der Waals surface area contributed by atoms with Crippen molar-refractivity contribution in [3.05, 3.63) is 65.5 Å². The molecule has 2 aromatic rings. The van der Waals surface area contributed by atoms with Crippen molar-refractivity contribution in [3.8, 4) is 5.75 Å². The van der Waals surface area contributed by atoms with Gasteiger partial charge >= 0.3 is 5.97 Å². The van der Waals surface area contributed by atoms with Crippen LogP contribution in [0.3, 0.4) is 0 Å². The Hall–Kier alpha value is -2.89. The van der Waals surface area contributed by atoms with Gasteiger partial charge in [0.1, 0.15) is 11.6 Å². The molecule has 2 rings (SSSR count). The number of carbonyl (C=O) groups is 2. The summed E-state index contributed by atoms with van der Waals surface area (Å²) >= 11 is 0. The summed E-state index contributed by atoms with van der Waals surface area (Å²) in [7, 11) is 0. The lowest BCUT2D eigenvalue weighted by Crippen LogP contribution is -2.31. The zero-order valence-corrected chi connectivity index (χ0v) is 15.0. The Bertz CT molecular complexity index is 741. The molecule has 1 atom stereocenters. The highest BCUT2D eigenvalue weighted by molar-refractivity contribution is 5.89. The average molecular weight is 359 g/mol. The number of hydrogen-bond donors (Lipinski definition) is 1. The molecule has 0 aliphatic rings. The molecule has 138 valence electrons. The Balaban J connectivity index is 1.83. The lowest BCUT2D eigenvalue weighted by molar-refractivity contribution is -0.123. The van der Waals surface area contributed by atoms with Gasteiger partial charge in [-0.3, -0.25) is 4.79 Å². The van der Waals surface area contributed by atoms with Crippen molar-refractivity contribution in [2.75, 3.05) is 6.61 Å². The van der Waals surface area contributed by atoms with Crippen LogP contribution in [0.5, 0.6) is 5.75 Å². The van der Waals surface area contributed by atoms with Gasteiger partial charge < -0.3 is 14.8 Å². The van der Waals surface area contributed by atoms with Gasteiger partial charge in [0.15, 0.2) is 6.61 Å². The van der Waals surface area contributed by atoms with E-state index in [9.17, 15) is 14.0 Å². The first-order valence-electron chi connectivity index (χ1n) is 8.34. The van der Waals surface area contributed by atoms with Gasteiger partial charge in [0.05, 0.1) is 17.7 Å². The van der Waals surface area contributed by atoms with Crippen molar-refractivity contribution < 1.29 is 23.5 Å². The van der Waals surface area contributed by atoms with Gasteiger partial charge in [-0.25, -0.2) is 9.18 Å². The highest BCUT2D eigenvalue weighted by Gasteiger charge is 2.12. The molecule has 1 N–H and O–H groups in total. The molecule has 1 unspecified atom stereocenters. The summed E-state index contributed by atoms with van der Waals surface area (Å²) in [5.74, 6) is -0.561. The van der Waals surface area contributed by atoms with Gasteiger partial charge in [-0.2, -0.15) is 0 Å². The fourth-order valence-corrected chi connectivity index (χ4v) is 2.24. The van der Waals surface area contributed by atoms with Crippen LogP contribution in [0.4, 0.5) is 4.39 Å². The normalized spacial score (nSPS) is 11.7. The van der Waals surface area contributed by atoms with Crippen molar-refractivity contribution in [3.63, 3.8) is 0 Å². The number of rotatable bonds is 7. The number of nitrogens with one attached hydrogen (secondary N) is 1. The minimum absolute atomic E-state index is 0.165. The lowest BCUT2D eigenvalue weighted by Gasteiger charge is -2.15. The number of amides is 1. The number of hydrogen-bond acceptors (Lipinski definition) is 4. The summed E-state index contributed by atoms with van der Waals surface area (Å²) < 4.78 is 23.4. The van der Waals surface area contributed by atoms with Gasteiger partial charge in [0.25, 0.3) is 5.91 Å². The topological polar surface area (TPSA) is 64.6 Å². The maximum Gasteiger partial charge on any atom is 0.338 e. The van der Waals surface area contributed by atoms with Crippen LogP contribution in [0.1, 0.15) is 42.7 Å². The summed E-state index contributed by atoms with van der Waals surface area (Å²) in [6.07, 6.45) is -0.190. The Morgan fingerprint density at radius 3 is 2.19 bits per heavy atom. The van der Waals surface area contributed by atoms with Crippen molar-refractivity contribution in [2.45, 2.75) is 32.9 Å². The molecule has 2 aromatic carbocycles. The van der Waals surface area contributed by atoms with E-state index in [1.807, 2.05) is 0 Å². The van der Waals surface area contributed by atoms with E-state index >= 15 is 0 Å². The molecule has 0 aliphatic carbocycles. The predicted molar refractivity (Wildman–Crippen MR) is 95.4 cm³/mol. The van der Waals surface area contributed by atoms with Crippen LogP contribution in [0.2, 0.25) is 0 Å². The van der Waals surface area contributed by atoms with E-state index in [0.717, 1.165) is 5.56 Å². The van der Waals surface area contributed by atoms with Crippen LogP contribution < -0.4 is 10.1 Å². The third-order valence-corrected chi connectivity index (χ3v) is 3.55. The minimum Gasteiger partial charge on any atom is -0.484 e. The standard InChI is InChI=1S/C20H22FNO4/c1-13(2)26-20(24)16-6-10-18(11-7-16)25-12-19(23)22-14(3)15-4-8-17(21)9-5-15/h4-11,13-14H,12H2,1-3H3,(H,22,23). The molecule has 0 aliphatic heterocycles. The Labute approximate surface area is 152 Å². The van der Waals surface area contributed by atoms with Gasteiger partial charge in [0, 0.05) is 0 Å². The number of esters is 1. The molecule has 0 aromatic heterocycles. The number of ether oxygens (including phenoxy) is 2. The van der Waals surface area contributed by atoms with Gasteiger partial charge in [-0.05, 0) is 62.7 Å². The second kappa shape index (κ2) is 8.99. The zero-order valence-electron chi connectivity index (χ0n) is 15.0. The van der Waals surface area contributed by atoms with Crippen LogP contribution in [0, 0.1) is 5.82 Å². The molecule has 0 saturated heterocycles. The van der Waals surface area contributed by atoms with Gasteiger partial charge in [0.2, 0.25) is 0 Å². The molecule has 0 heterocycles. The third-order valence-electron chi connectivity index (χ3n) is 3.55. The van der Waals surface area contributed by atoms with Crippen LogP contribution in [0.15, 0.2) is 48.5 Å². The lowest BCUT2D eigenvalue weighted by atomic mass is 10.1. The quantitative estimate of drug-likeness (QED) is 0.767. The zero-order chi connectivity index (χ0) is 19.1. The average Bonchev–Trinajstić information content (AvgIpc) is 2.60. The molecule has 0 bridgehead atoms. The molecule has 0 fully saturated rings. The first-order chi connectivity index (χ1) is 12.3. The van der Waals surface area contributed by atoms with E-state index in [0.29, 0.717) is 11.3 Å². The van der Waals surface area contributed by atoms with E-state index in [2.05, 4.69) is 5.32 Å². The number of halogens is 1. The molecule has 0 spiro atoms. The maximum atomic E-state index is 12.9. The van der Waals surface area contributed by atoms with Crippen molar-refractivity contribution >= 4 is 11.9 Å².